The minimum absolute atomic E-state index is 0.000590. The van der Waals surface area contributed by atoms with Crippen molar-refractivity contribution in [1.29, 1.82) is 0 Å². The summed E-state index contributed by atoms with van der Waals surface area (Å²) >= 11 is 0. The highest BCUT2D eigenvalue weighted by atomic mass is 16.3. The second-order valence-electron chi connectivity index (χ2n) is 12.0. The molecule has 238 valence electrons. The van der Waals surface area contributed by atoms with Crippen molar-refractivity contribution in [2.75, 3.05) is 0 Å². The molecule has 1 heterocycles. The van der Waals surface area contributed by atoms with Gasteiger partial charge in [-0.15, -0.1) is 0 Å². The summed E-state index contributed by atoms with van der Waals surface area (Å²) in [5, 5.41) is -0.111. The highest BCUT2D eigenvalue weighted by Crippen LogP contribution is 2.49. The van der Waals surface area contributed by atoms with E-state index in [1.165, 1.54) is 0 Å². The van der Waals surface area contributed by atoms with E-state index in [-0.39, 0.29) is 71.3 Å². The molecule has 51 heavy (non-hydrogen) atoms. The predicted molar refractivity (Wildman–Crippen MR) is 216 cm³/mol. The minimum atomic E-state index is -0.560. The first-order valence-corrected chi connectivity index (χ1v) is 16.3. The first-order chi connectivity index (χ1) is 31.6. The lowest BCUT2D eigenvalue weighted by Gasteiger charge is -2.22. The van der Waals surface area contributed by atoms with Gasteiger partial charge in [0.25, 0.3) is 0 Å². The average molecular weight is 664 g/mol. The smallest absolute Gasteiger partial charge is 0.143 e. The Balaban J connectivity index is 1.36. The standard InChI is InChI=1S/C50H32O/c1-3-15-33(16-4-1)37-24-13-25-38(34-17-5-2-6-18-34)48(37)49-43-22-9-7-20-41(43)47(42-21-8-10-23-44(42)49)36-31-29-35(30-32-36)39-26-14-27-45-40-19-11-12-28-46(40)51-50(39)45/h1-32H/i7D,8D,9D,10D,11D,12D,14D,19D,20D,21D,22D,23D,26D,27D,28D. The van der Waals surface area contributed by atoms with Crippen LogP contribution in [0.15, 0.2) is 198 Å². The number of hydrogen-bond acceptors (Lipinski definition) is 1. The first-order valence-electron chi connectivity index (χ1n) is 23.8. The van der Waals surface area contributed by atoms with Gasteiger partial charge in [-0.2, -0.15) is 0 Å². The zero-order valence-electron chi connectivity index (χ0n) is 41.7. The summed E-state index contributed by atoms with van der Waals surface area (Å²) in [6, 6.07) is 23.3. The Morgan fingerprint density at radius 3 is 1.37 bits per heavy atom. The van der Waals surface area contributed by atoms with Gasteiger partial charge in [0.15, 0.2) is 0 Å². The SMILES string of the molecule is [2H]c1c([2H])c([2H])c2c(oc3c(-c4ccc(-c5c6c([2H])c([2H])c([2H])c([2H])c6c(-c6c(-c7ccccc7)cccc6-c6ccccc6)c6c([2H])c([2H])c([2H])c([2H])c56)cc4)c([2H])c([2H])c([2H])c32)c1[2H]. The average Bonchev–Trinajstić information content (AvgIpc) is 3.74. The number of fused-ring (bicyclic) bond motifs is 5. The maximum atomic E-state index is 9.61. The van der Waals surface area contributed by atoms with Crippen molar-refractivity contribution in [3.05, 3.63) is 194 Å². The van der Waals surface area contributed by atoms with Gasteiger partial charge in [-0.25, -0.2) is 0 Å². The van der Waals surface area contributed by atoms with Gasteiger partial charge in [-0.1, -0.05) is 188 Å². The first kappa shape index (κ1) is 17.8. The fraction of sp³-hybridized carbons (Fsp3) is 0. The molecule has 0 aliphatic heterocycles. The van der Waals surface area contributed by atoms with E-state index in [1.54, 1.807) is 24.3 Å². The number of benzene rings is 9. The van der Waals surface area contributed by atoms with E-state index < -0.39 is 90.6 Å². The van der Waals surface area contributed by atoms with Crippen LogP contribution in [0.25, 0.3) is 99.1 Å². The predicted octanol–water partition coefficient (Wildman–Crippen LogP) is 14.2. The third-order valence-corrected chi connectivity index (χ3v) is 9.26. The minimum Gasteiger partial charge on any atom is -0.455 e. The largest absolute Gasteiger partial charge is 0.455 e. The summed E-state index contributed by atoms with van der Waals surface area (Å²) in [7, 11) is 0. The van der Waals surface area contributed by atoms with E-state index in [9.17, 15) is 5.48 Å². The number of para-hydroxylation sites is 2. The third-order valence-electron chi connectivity index (χ3n) is 9.26. The van der Waals surface area contributed by atoms with Crippen molar-refractivity contribution in [1.82, 2.24) is 0 Å². The van der Waals surface area contributed by atoms with E-state index in [1.807, 2.05) is 78.9 Å². The molecular weight excluding hydrogens is 617 g/mol. The third kappa shape index (κ3) is 4.78. The van der Waals surface area contributed by atoms with Gasteiger partial charge in [0.1, 0.15) is 11.2 Å². The van der Waals surface area contributed by atoms with E-state index in [0.717, 1.165) is 11.1 Å². The maximum Gasteiger partial charge on any atom is 0.143 e. The van der Waals surface area contributed by atoms with Crippen LogP contribution >= 0.6 is 0 Å². The van der Waals surface area contributed by atoms with Crippen molar-refractivity contribution in [3.63, 3.8) is 0 Å². The van der Waals surface area contributed by atoms with Gasteiger partial charge in [0, 0.05) is 16.3 Å². The number of hydrogen-bond donors (Lipinski definition) is 0. The monoisotopic (exact) mass is 663 g/mol. The zero-order valence-corrected chi connectivity index (χ0v) is 26.7. The van der Waals surface area contributed by atoms with Crippen molar-refractivity contribution in [2.45, 2.75) is 0 Å². The maximum absolute atomic E-state index is 9.61. The molecule has 0 fully saturated rings. The molecule has 0 bridgehead atoms. The van der Waals surface area contributed by atoms with Gasteiger partial charge in [0.2, 0.25) is 0 Å². The van der Waals surface area contributed by atoms with Crippen LogP contribution in [-0.2, 0) is 0 Å². The summed E-state index contributed by atoms with van der Waals surface area (Å²) in [4.78, 5) is 0. The second kappa shape index (κ2) is 12.0. The molecule has 0 spiro atoms. The lowest BCUT2D eigenvalue weighted by molar-refractivity contribution is 0.670. The van der Waals surface area contributed by atoms with Crippen molar-refractivity contribution >= 4 is 43.5 Å². The highest BCUT2D eigenvalue weighted by molar-refractivity contribution is 6.24. The molecular formula is C50H32O. The summed E-state index contributed by atoms with van der Waals surface area (Å²) in [6.07, 6.45) is 0. The van der Waals surface area contributed by atoms with Crippen LogP contribution in [0, 0.1) is 0 Å². The van der Waals surface area contributed by atoms with Crippen LogP contribution in [-0.4, -0.2) is 0 Å². The van der Waals surface area contributed by atoms with Crippen molar-refractivity contribution in [3.8, 4) is 55.6 Å². The molecule has 0 saturated carbocycles. The molecule has 0 saturated heterocycles. The Bertz CT molecular complexity index is 3600. The molecule has 0 N–H and O–H groups in total. The van der Waals surface area contributed by atoms with Gasteiger partial charge < -0.3 is 4.42 Å². The van der Waals surface area contributed by atoms with Crippen LogP contribution < -0.4 is 0 Å². The van der Waals surface area contributed by atoms with Crippen molar-refractivity contribution in [2.24, 2.45) is 0 Å². The number of furan rings is 1. The quantitative estimate of drug-likeness (QED) is 0.167. The molecule has 1 aromatic heterocycles. The molecule has 0 atom stereocenters. The normalized spacial score (nSPS) is 15.6. The van der Waals surface area contributed by atoms with E-state index in [2.05, 4.69) is 0 Å². The van der Waals surface area contributed by atoms with Crippen LogP contribution in [0.2, 0.25) is 0 Å². The van der Waals surface area contributed by atoms with Gasteiger partial charge in [-0.3, -0.25) is 0 Å². The van der Waals surface area contributed by atoms with E-state index >= 15 is 0 Å². The summed E-state index contributed by atoms with van der Waals surface area (Å²) in [6.45, 7) is 0. The molecule has 9 aromatic carbocycles. The Morgan fingerprint density at radius 1 is 0.314 bits per heavy atom. The fourth-order valence-corrected chi connectivity index (χ4v) is 7.04. The molecule has 10 aromatic rings. The Kier molecular flexibility index (Phi) is 4.19. The lowest BCUT2D eigenvalue weighted by atomic mass is 9.81. The fourth-order valence-electron chi connectivity index (χ4n) is 7.04. The summed E-state index contributed by atoms with van der Waals surface area (Å²) < 4.78 is 140. The molecule has 0 amide bonds. The van der Waals surface area contributed by atoms with Gasteiger partial charge in [0.05, 0.1) is 20.6 Å². The zero-order chi connectivity index (χ0) is 46.8. The van der Waals surface area contributed by atoms with Gasteiger partial charge >= 0.3 is 0 Å². The Hall–Kier alpha value is -6.70. The summed E-state index contributed by atoms with van der Waals surface area (Å²) in [5.41, 5.74) is 3.83. The van der Waals surface area contributed by atoms with E-state index in [4.69, 9.17) is 19.5 Å². The topological polar surface area (TPSA) is 13.1 Å². The Labute approximate surface area is 317 Å². The Morgan fingerprint density at radius 2 is 0.784 bits per heavy atom. The van der Waals surface area contributed by atoms with Crippen molar-refractivity contribution < 1.29 is 25.0 Å². The van der Waals surface area contributed by atoms with Crippen LogP contribution in [0.1, 0.15) is 20.6 Å². The van der Waals surface area contributed by atoms with Gasteiger partial charge in [-0.05, 0) is 77.7 Å². The van der Waals surface area contributed by atoms with Crippen LogP contribution in [0.5, 0.6) is 0 Å². The number of rotatable bonds is 5. The van der Waals surface area contributed by atoms with E-state index in [0.29, 0.717) is 16.7 Å². The molecule has 10 rings (SSSR count). The molecule has 1 heteroatoms. The molecule has 0 aliphatic rings. The summed E-state index contributed by atoms with van der Waals surface area (Å²) in [5.74, 6) is 0. The van der Waals surface area contributed by atoms with Crippen LogP contribution in [0.4, 0.5) is 0 Å². The molecule has 0 unspecified atom stereocenters. The highest BCUT2D eigenvalue weighted by Gasteiger charge is 2.22. The second-order valence-corrected chi connectivity index (χ2v) is 12.0. The lowest BCUT2D eigenvalue weighted by Crippen LogP contribution is -1.95. The molecule has 1 nitrogen and oxygen atoms in total. The molecule has 0 radical (unpaired) electrons. The molecule has 0 aliphatic carbocycles. The van der Waals surface area contributed by atoms with Crippen LogP contribution in [0.3, 0.4) is 0 Å².